The molecular weight excluding hydrogens is 439 g/mol. The number of hydrogen-bond donors (Lipinski definition) is 0. The molecule has 0 aliphatic heterocycles. The van der Waals surface area contributed by atoms with Gasteiger partial charge in [0.25, 0.3) is 0 Å². The van der Waals surface area contributed by atoms with Crippen molar-refractivity contribution in [3.8, 4) is 0 Å². The van der Waals surface area contributed by atoms with Crippen molar-refractivity contribution in [3.05, 3.63) is 67.6 Å². The van der Waals surface area contributed by atoms with Gasteiger partial charge in [-0.05, 0) is 24.3 Å². The number of carbonyl (C=O) groups excluding carboxylic acids is 2. The van der Waals surface area contributed by atoms with Crippen molar-refractivity contribution in [1.82, 2.24) is 0 Å². The third-order valence-electron chi connectivity index (χ3n) is 2.30. The second kappa shape index (κ2) is 10.1. The third-order valence-corrected chi connectivity index (χ3v) is 3.40. The molecule has 0 saturated carbocycles. The van der Waals surface area contributed by atoms with Crippen LogP contribution in [-0.4, -0.2) is 11.9 Å². The minimum Gasteiger partial charge on any atom is -0.545 e. The van der Waals surface area contributed by atoms with Crippen LogP contribution in [0.1, 0.15) is 20.7 Å². The average Bonchev–Trinajstić information content (AvgIpc) is 2.38. The first kappa shape index (κ1) is 22.2. The first-order valence-electron chi connectivity index (χ1n) is 5.55. The van der Waals surface area contributed by atoms with Gasteiger partial charge in [-0.15, -0.1) is 0 Å². The van der Waals surface area contributed by atoms with E-state index in [0.717, 1.165) is 0 Å². The van der Waals surface area contributed by atoms with Crippen LogP contribution >= 0.6 is 46.4 Å². The molecule has 0 fully saturated rings. The Kier molecular flexibility index (Phi) is 9.75. The molecule has 0 aliphatic rings. The number of carbonyl (C=O) groups is 2. The van der Waals surface area contributed by atoms with E-state index in [1.165, 1.54) is 36.4 Å². The standard InChI is InChI=1S/2C7H4Cl2O2.Zn/c2*8-4-1-2-5(7(10)11)6(9)3-4;/h2*1-3H,(H,10,11);/q;;+2/p-2. The van der Waals surface area contributed by atoms with E-state index in [0.29, 0.717) is 10.0 Å². The number of benzene rings is 2. The number of rotatable bonds is 2. The number of aromatic carboxylic acids is 2. The molecule has 0 aliphatic carbocycles. The monoisotopic (exact) mass is 442 g/mol. The maximum absolute atomic E-state index is 10.3. The van der Waals surface area contributed by atoms with Gasteiger partial charge in [0.15, 0.2) is 0 Å². The average molecular weight is 445 g/mol. The number of carboxylic acids is 2. The quantitative estimate of drug-likeness (QED) is 0.666. The summed E-state index contributed by atoms with van der Waals surface area (Å²) >= 11 is 22.1. The van der Waals surface area contributed by atoms with Gasteiger partial charge in [-0.25, -0.2) is 0 Å². The van der Waals surface area contributed by atoms with E-state index in [-0.39, 0.29) is 40.7 Å². The van der Waals surface area contributed by atoms with Gasteiger partial charge in [0.2, 0.25) is 0 Å². The Balaban J connectivity index is 0.000000403. The molecule has 2 aromatic carbocycles. The van der Waals surface area contributed by atoms with Crippen LogP contribution in [0.4, 0.5) is 0 Å². The Morgan fingerprint density at radius 1 is 0.696 bits per heavy atom. The van der Waals surface area contributed by atoms with Crippen molar-refractivity contribution in [2.75, 3.05) is 0 Å². The summed E-state index contributed by atoms with van der Waals surface area (Å²) in [7, 11) is 0. The molecular formula is C14H6Cl4O4Zn. The number of halogens is 4. The van der Waals surface area contributed by atoms with Crippen molar-refractivity contribution in [1.29, 1.82) is 0 Å². The molecule has 0 N–H and O–H groups in total. The molecule has 0 heterocycles. The molecule has 0 amide bonds. The first-order chi connectivity index (χ1) is 10.2. The second-order valence-corrected chi connectivity index (χ2v) is 5.51. The van der Waals surface area contributed by atoms with Crippen molar-refractivity contribution in [3.63, 3.8) is 0 Å². The third kappa shape index (κ3) is 7.07. The summed E-state index contributed by atoms with van der Waals surface area (Å²) in [6, 6.07) is 8.21. The summed E-state index contributed by atoms with van der Waals surface area (Å²) in [6.45, 7) is 0. The maximum atomic E-state index is 10.3. The van der Waals surface area contributed by atoms with Crippen LogP contribution in [0.2, 0.25) is 20.1 Å². The van der Waals surface area contributed by atoms with Gasteiger partial charge >= 0.3 is 19.5 Å². The summed E-state index contributed by atoms with van der Waals surface area (Å²) in [5, 5.41) is 21.6. The van der Waals surface area contributed by atoms with Crippen LogP contribution < -0.4 is 10.2 Å². The first-order valence-corrected chi connectivity index (χ1v) is 7.06. The molecule has 116 valence electrons. The molecule has 2 aromatic rings. The van der Waals surface area contributed by atoms with E-state index < -0.39 is 11.9 Å². The molecule has 0 radical (unpaired) electrons. The van der Waals surface area contributed by atoms with Crippen LogP contribution in [0.3, 0.4) is 0 Å². The summed E-state index contributed by atoms with van der Waals surface area (Å²) in [5.74, 6) is -2.60. The summed E-state index contributed by atoms with van der Waals surface area (Å²) in [6.07, 6.45) is 0. The largest absolute Gasteiger partial charge is 2.00 e. The molecule has 0 saturated heterocycles. The van der Waals surface area contributed by atoms with E-state index in [1.54, 1.807) is 0 Å². The van der Waals surface area contributed by atoms with E-state index in [9.17, 15) is 19.8 Å². The smallest absolute Gasteiger partial charge is 0.545 e. The topological polar surface area (TPSA) is 80.3 Å². The van der Waals surface area contributed by atoms with Gasteiger partial charge in [0.1, 0.15) is 0 Å². The molecule has 0 atom stereocenters. The fourth-order valence-electron chi connectivity index (χ4n) is 1.31. The van der Waals surface area contributed by atoms with Crippen LogP contribution in [0.25, 0.3) is 0 Å². The van der Waals surface area contributed by atoms with Gasteiger partial charge < -0.3 is 19.8 Å². The molecule has 9 heteroatoms. The second-order valence-electron chi connectivity index (χ2n) is 3.82. The van der Waals surface area contributed by atoms with Crippen molar-refractivity contribution < 1.29 is 39.3 Å². The normalized spacial score (nSPS) is 9.22. The Morgan fingerprint density at radius 3 is 1.22 bits per heavy atom. The SMILES string of the molecule is O=C([O-])c1ccc(Cl)cc1Cl.O=C([O-])c1ccc(Cl)cc1Cl.[Zn+2]. The Labute approximate surface area is 164 Å². The molecule has 0 unspecified atom stereocenters. The van der Waals surface area contributed by atoms with E-state index in [1.807, 2.05) is 0 Å². The van der Waals surface area contributed by atoms with Crippen LogP contribution in [-0.2, 0) is 19.5 Å². The Bertz CT molecular complexity index is 660. The van der Waals surface area contributed by atoms with Gasteiger partial charge in [-0.1, -0.05) is 58.5 Å². The fraction of sp³-hybridized carbons (Fsp3) is 0. The minimum atomic E-state index is -1.30. The zero-order valence-corrected chi connectivity index (χ0v) is 17.3. The Hall–Kier alpha value is -0.837. The predicted molar refractivity (Wildman–Crippen MR) is 81.6 cm³/mol. The number of hydrogen-bond acceptors (Lipinski definition) is 4. The van der Waals surface area contributed by atoms with Crippen LogP contribution in [0.5, 0.6) is 0 Å². The molecule has 0 spiro atoms. The van der Waals surface area contributed by atoms with Crippen LogP contribution in [0, 0.1) is 0 Å². The maximum Gasteiger partial charge on any atom is 2.00 e. The molecule has 0 bridgehead atoms. The Morgan fingerprint density at radius 2 is 1.00 bits per heavy atom. The van der Waals surface area contributed by atoms with Gasteiger partial charge in [0, 0.05) is 21.2 Å². The van der Waals surface area contributed by atoms with E-state index in [2.05, 4.69) is 0 Å². The zero-order valence-electron chi connectivity index (χ0n) is 11.3. The van der Waals surface area contributed by atoms with E-state index >= 15 is 0 Å². The number of carboxylic acid groups (broad SMARTS) is 2. The fourth-order valence-corrected chi connectivity index (χ4v) is 2.28. The molecule has 2 rings (SSSR count). The summed E-state index contributed by atoms with van der Waals surface area (Å²) < 4.78 is 0. The molecule has 0 aromatic heterocycles. The van der Waals surface area contributed by atoms with Crippen molar-refractivity contribution in [2.24, 2.45) is 0 Å². The van der Waals surface area contributed by atoms with Gasteiger partial charge in [-0.3, -0.25) is 0 Å². The van der Waals surface area contributed by atoms with Crippen LogP contribution in [0.15, 0.2) is 36.4 Å². The van der Waals surface area contributed by atoms with E-state index in [4.69, 9.17) is 46.4 Å². The minimum absolute atomic E-state index is 0. The van der Waals surface area contributed by atoms with Gasteiger partial charge in [0.05, 0.1) is 22.0 Å². The van der Waals surface area contributed by atoms with Crippen molar-refractivity contribution in [2.45, 2.75) is 0 Å². The zero-order chi connectivity index (χ0) is 16.9. The summed E-state index contributed by atoms with van der Waals surface area (Å²) in [4.78, 5) is 20.6. The summed E-state index contributed by atoms with van der Waals surface area (Å²) in [5.41, 5.74) is -0.0906. The molecule has 4 nitrogen and oxygen atoms in total. The van der Waals surface area contributed by atoms with Gasteiger partial charge in [-0.2, -0.15) is 0 Å². The predicted octanol–water partition coefficient (Wildman–Crippen LogP) is 2.71. The molecule has 23 heavy (non-hydrogen) atoms. The van der Waals surface area contributed by atoms with Crippen molar-refractivity contribution >= 4 is 58.3 Å².